The average molecular weight is 451 g/mol. The van der Waals surface area contributed by atoms with E-state index in [0.717, 1.165) is 42.6 Å². The second-order valence-electron chi connectivity index (χ2n) is 8.26. The highest BCUT2D eigenvalue weighted by atomic mass is 32.2. The van der Waals surface area contributed by atoms with Crippen LogP contribution in [0.2, 0.25) is 0 Å². The van der Waals surface area contributed by atoms with Crippen molar-refractivity contribution in [3.63, 3.8) is 0 Å². The highest BCUT2D eigenvalue weighted by Crippen LogP contribution is 2.21. The first-order valence-electron chi connectivity index (χ1n) is 11.1. The summed E-state index contributed by atoms with van der Waals surface area (Å²) in [7, 11) is -3.54. The first kappa shape index (κ1) is 21.9. The molecule has 4 heterocycles. The van der Waals surface area contributed by atoms with Gasteiger partial charge in [-0.05, 0) is 31.7 Å². The number of aromatic nitrogens is 2. The fourth-order valence-electron chi connectivity index (χ4n) is 4.34. The summed E-state index contributed by atoms with van der Waals surface area (Å²) in [6.45, 7) is 3.66. The van der Waals surface area contributed by atoms with E-state index in [-0.39, 0.29) is 24.1 Å². The van der Waals surface area contributed by atoms with Crippen LogP contribution in [0.1, 0.15) is 38.5 Å². The Morgan fingerprint density at radius 1 is 0.839 bits per heavy atom. The van der Waals surface area contributed by atoms with E-state index in [4.69, 9.17) is 4.98 Å². The topological polar surface area (TPSA) is 107 Å². The van der Waals surface area contributed by atoms with Crippen molar-refractivity contribution in [3.05, 3.63) is 12.3 Å². The lowest BCUT2D eigenvalue weighted by molar-refractivity contribution is -0.147. The van der Waals surface area contributed by atoms with E-state index in [1.54, 1.807) is 6.20 Å². The van der Waals surface area contributed by atoms with Gasteiger partial charge in [-0.25, -0.2) is 13.4 Å². The summed E-state index contributed by atoms with van der Waals surface area (Å²) >= 11 is 0. The van der Waals surface area contributed by atoms with E-state index < -0.39 is 10.0 Å². The second kappa shape index (κ2) is 9.47. The molecule has 0 aliphatic carbocycles. The van der Waals surface area contributed by atoms with Gasteiger partial charge in [0.15, 0.2) is 0 Å². The Morgan fingerprint density at radius 3 is 2.19 bits per heavy atom. The van der Waals surface area contributed by atoms with Crippen molar-refractivity contribution in [2.75, 3.05) is 61.4 Å². The third-order valence-electron chi connectivity index (χ3n) is 6.18. The Balaban J connectivity index is 1.32. The number of piperidine rings is 2. The van der Waals surface area contributed by atoms with Crippen LogP contribution in [0.3, 0.4) is 0 Å². The van der Waals surface area contributed by atoms with E-state index >= 15 is 0 Å². The summed E-state index contributed by atoms with van der Waals surface area (Å²) in [5.74, 6) is 0.784. The van der Waals surface area contributed by atoms with Crippen LogP contribution in [0.4, 0.5) is 11.8 Å². The van der Waals surface area contributed by atoms with Gasteiger partial charge in [-0.2, -0.15) is 9.29 Å². The number of piperazine rings is 1. The summed E-state index contributed by atoms with van der Waals surface area (Å²) < 4.78 is 27.0. The van der Waals surface area contributed by atoms with Crippen molar-refractivity contribution in [1.82, 2.24) is 19.2 Å². The minimum absolute atomic E-state index is 0.0642. The first-order chi connectivity index (χ1) is 14.9. The Labute approximate surface area is 183 Å². The molecule has 3 fully saturated rings. The molecule has 1 aromatic heterocycles. The number of anilines is 2. The van der Waals surface area contributed by atoms with Gasteiger partial charge in [0.25, 0.3) is 0 Å². The number of sulfonamides is 1. The predicted octanol–water partition coefficient (Wildman–Crippen LogP) is 0.458. The van der Waals surface area contributed by atoms with Crippen molar-refractivity contribution in [2.24, 2.45) is 0 Å². The molecule has 10 nitrogen and oxygen atoms in total. The standard InChI is InChI=1S/C20H30N6O4S/c27-18-5-4-6-19(28)26(18)15-16-31(29,30)25-13-11-23(12-14-25)17-7-8-21-20(22-17)24-9-2-1-3-10-24/h7-8H,1-6,9-16H2. The van der Waals surface area contributed by atoms with Crippen molar-refractivity contribution in [1.29, 1.82) is 0 Å². The largest absolute Gasteiger partial charge is 0.354 e. The zero-order chi connectivity index (χ0) is 21.8. The number of carbonyl (C=O) groups excluding carboxylic acids is 2. The van der Waals surface area contributed by atoms with E-state index in [2.05, 4.69) is 14.8 Å². The summed E-state index contributed by atoms with van der Waals surface area (Å²) in [6, 6.07) is 1.87. The molecule has 0 aromatic carbocycles. The molecule has 11 heteroatoms. The summed E-state index contributed by atoms with van der Waals surface area (Å²) in [5, 5.41) is 0. The Morgan fingerprint density at radius 2 is 1.52 bits per heavy atom. The average Bonchev–Trinajstić information content (AvgIpc) is 2.79. The molecule has 0 bridgehead atoms. The van der Waals surface area contributed by atoms with Crippen LogP contribution < -0.4 is 9.80 Å². The van der Waals surface area contributed by atoms with Gasteiger partial charge in [-0.15, -0.1) is 0 Å². The number of nitrogens with zero attached hydrogens (tertiary/aromatic N) is 6. The Kier molecular flexibility index (Phi) is 6.71. The quantitative estimate of drug-likeness (QED) is 0.576. The van der Waals surface area contributed by atoms with Gasteiger partial charge < -0.3 is 9.80 Å². The number of likely N-dealkylation sites (tertiary alicyclic amines) is 1. The SMILES string of the molecule is O=C1CCCC(=O)N1CCS(=O)(=O)N1CCN(c2ccnc(N3CCCCC3)n2)CC1. The van der Waals surface area contributed by atoms with Crippen LogP contribution in [-0.4, -0.2) is 91.0 Å². The molecule has 3 saturated heterocycles. The lowest BCUT2D eigenvalue weighted by Gasteiger charge is -2.35. The number of imide groups is 1. The molecule has 2 amide bonds. The maximum atomic E-state index is 12.8. The summed E-state index contributed by atoms with van der Waals surface area (Å²) in [5.41, 5.74) is 0. The van der Waals surface area contributed by atoms with E-state index in [1.807, 2.05) is 6.07 Å². The molecule has 0 radical (unpaired) electrons. The van der Waals surface area contributed by atoms with Gasteiger partial charge in [-0.3, -0.25) is 14.5 Å². The number of hydrogen-bond donors (Lipinski definition) is 0. The highest BCUT2D eigenvalue weighted by Gasteiger charge is 2.31. The van der Waals surface area contributed by atoms with Gasteiger partial charge in [-0.1, -0.05) is 0 Å². The molecule has 0 saturated carbocycles. The second-order valence-corrected chi connectivity index (χ2v) is 10.3. The minimum Gasteiger partial charge on any atom is -0.354 e. The molecular formula is C20H30N6O4S. The number of hydrogen-bond acceptors (Lipinski definition) is 8. The fourth-order valence-corrected chi connectivity index (χ4v) is 5.73. The molecule has 3 aliphatic heterocycles. The normalized spacial score (nSPS) is 21.6. The highest BCUT2D eigenvalue weighted by molar-refractivity contribution is 7.89. The summed E-state index contributed by atoms with van der Waals surface area (Å²) in [6.07, 6.45) is 6.48. The Bertz CT molecular complexity index is 894. The molecule has 0 spiro atoms. The lowest BCUT2D eigenvalue weighted by atomic mass is 10.1. The number of rotatable bonds is 6. The summed E-state index contributed by atoms with van der Waals surface area (Å²) in [4.78, 5) is 38.3. The zero-order valence-electron chi connectivity index (χ0n) is 17.8. The van der Waals surface area contributed by atoms with Crippen molar-refractivity contribution in [3.8, 4) is 0 Å². The zero-order valence-corrected chi connectivity index (χ0v) is 18.6. The van der Waals surface area contributed by atoms with Gasteiger partial charge in [0.2, 0.25) is 27.8 Å². The van der Waals surface area contributed by atoms with Gasteiger partial charge in [0, 0.05) is 64.9 Å². The van der Waals surface area contributed by atoms with Crippen LogP contribution in [0.25, 0.3) is 0 Å². The van der Waals surface area contributed by atoms with Gasteiger partial charge in [0.05, 0.1) is 5.75 Å². The lowest BCUT2D eigenvalue weighted by Crippen LogP contribution is -2.51. The number of carbonyl (C=O) groups is 2. The molecule has 0 unspecified atom stereocenters. The molecule has 4 rings (SSSR count). The molecule has 170 valence electrons. The third kappa shape index (κ3) is 5.15. The smallest absolute Gasteiger partial charge is 0.229 e. The third-order valence-corrected chi connectivity index (χ3v) is 8.03. The van der Waals surface area contributed by atoms with E-state index in [1.165, 1.54) is 10.7 Å². The molecule has 3 aliphatic rings. The van der Waals surface area contributed by atoms with Crippen LogP contribution in [0.5, 0.6) is 0 Å². The van der Waals surface area contributed by atoms with Gasteiger partial charge >= 0.3 is 0 Å². The minimum atomic E-state index is -3.54. The van der Waals surface area contributed by atoms with E-state index in [9.17, 15) is 18.0 Å². The first-order valence-corrected chi connectivity index (χ1v) is 12.7. The van der Waals surface area contributed by atoms with Crippen molar-refractivity contribution in [2.45, 2.75) is 38.5 Å². The molecule has 0 N–H and O–H groups in total. The van der Waals surface area contributed by atoms with Crippen molar-refractivity contribution >= 4 is 33.6 Å². The predicted molar refractivity (Wildman–Crippen MR) is 116 cm³/mol. The number of amides is 2. The van der Waals surface area contributed by atoms with E-state index in [0.29, 0.717) is 45.4 Å². The monoisotopic (exact) mass is 450 g/mol. The van der Waals surface area contributed by atoms with Crippen LogP contribution in [0, 0.1) is 0 Å². The molecule has 0 atom stereocenters. The maximum absolute atomic E-state index is 12.8. The molecule has 31 heavy (non-hydrogen) atoms. The Hall–Kier alpha value is -2.27. The van der Waals surface area contributed by atoms with Crippen LogP contribution in [0.15, 0.2) is 12.3 Å². The molecular weight excluding hydrogens is 420 g/mol. The van der Waals surface area contributed by atoms with Crippen LogP contribution >= 0.6 is 0 Å². The van der Waals surface area contributed by atoms with Gasteiger partial charge in [0.1, 0.15) is 5.82 Å². The fraction of sp³-hybridized carbons (Fsp3) is 0.700. The van der Waals surface area contributed by atoms with Crippen LogP contribution in [-0.2, 0) is 19.6 Å². The molecule has 1 aromatic rings. The van der Waals surface area contributed by atoms with Crippen molar-refractivity contribution < 1.29 is 18.0 Å². The maximum Gasteiger partial charge on any atom is 0.229 e.